The van der Waals surface area contributed by atoms with Gasteiger partial charge in [-0.15, -0.1) is 6.26 Å². The van der Waals surface area contributed by atoms with Gasteiger partial charge in [-0.2, -0.15) is 0 Å². The van der Waals surface area contributed by atoms with Gasteiger partial charge in [0.05, 0.1) is 5.56 Å². The molecule has 0 aliphatic rings. The molecule has 1 aromatic carbocycles. The maximum Gasteiger partial charge on any atom is 0.188 e. The quantitative estimate of drug-likeness (QED) is 0.391. The number of phenolic OH excluding ortho intramolecular Hbond substituents is 1. The number of hydrogen-bond acceptors (Lipinski definition) is 3. The Hall–Kier alpha value is -1.77. The summed E-state index contributed by atoms with van der Waals surface area (Å²) in [5.74, 6) is -0.594. The van der Waals surface area contributed by atoms with Crippen molar-refractivity contribution in [1.29, 1.82) is 0 Å². The fraction of sp³-hybridized carbons (Fsp3) is 0. The summed E-state index contributed by atoms with van der Waals surface area (Å²) in [6.07, 6.45) is 1.27. The number of rotatable bonds is 2. The van der Waals surface area contributed by atoms with Crippen LogP contribution in [-0.4, -0.2) is 10.9 Å². The number of phenols is 1. The second-order valence-corrected chi connectivity index (χ2v) is 2.18. The molecule has 0 spiro atoms. The van der Waals surface area contributed by atoms with E-state index in [0.717, 1.165) is 6.08 Å². The van der Waals surface area contributed by atoms with E-state index < -0.39 is 5.78 Å². The second-order valence-electron chi connectivity index (χ2n) is 2.18. The number of para-hydroxylation sites is 1. The molecule has 3 heteroatoms. The first kappa shape index (κ1) is 8.33. The molecule has 1 rings (SSSR count). The molecule has 0 amide bonds. The fourth-order valence-corrected chi connectivity index (χ4v) is 0.834. The van der Waals surface area contributed by atoms with Crippen LogP contribution in [0, 0.1) is 0 Å². The summed E-state index contributed by atoms with van der Waals surface area (Å²) in [6.45, 7) is 0. The maximum absolute atomic E-state index is 11.0. The molecule has 0 aromatic heterocycles. The first-order valence-electron chi connectivity index (χ1n) is 3.36. The molecule has 12 heavy (non-hydrogen) atoms. The molecule has 0 aliphatic carbocycles. The molecule has 62 valence electrons. The lowest BCUT2D eigenvalue weighted by atomic mass is 10.1. The summed E-state index contributed by atoms with van der Waals surface area (Å²) >= 11 is 0. The molecule has 1 aromatic rings. The van der Waals surface area contributed by atoms with Crippen LogP contribution < -0.4 is 5.11 Å². The standard InChI is InChI=1S/C9H8O3/c10-6-5-9(12)7-3-1-2-4-8(7)11/h1-6,10-11H/p-1/b6-5+. The van der Waals surface area contributed by atoms with Crippen molar-refractivity contribution in [2.24, 2.45) is 0 Å². The molecule has 0 aliphatic heterocycles. The molecule has 0 heterocycles. The molecule has 0 atom stereocenters. The van der Waals surface area contributed by atoms with Gasteiger partial charge in [0.15, 0.2) is 5.78 Å². The van der Waals surface area contributed by atoms with Gasteiger partial charge in [0.25, 0.3) is 0 Å². The molecule has 3 nitrogen and oxygen atoms in total. The zero-order valence-electron chi connectivity index (χ0n) is 6.23. The van der Waals surface area contributed by atoms with Crippen LogP contribution in [0.25, 0.3) is 0 Å². The third-order valence-electron chi connectivity index (χ3n) is 1.39. The number of allylic oxidation sites excluding steroid dienone is 1. The lowest BCUT2D eigenvalue weighted by Gasteiger charge is -1.98. The summed E-state index contributed by atoms with van der Waals surface area (Å²) < 4.78 is 0. The van der Waals surface area contributed by atoms with Crippen molar-refractivity contribution in [3.05, 3.63) is 42.2 Å². The van der Waals surface area contributed by atoms with Crippen LogP contribution in [0.2, 0.25) is 0 Å². The number of carbonyl (C=O) groups excluding carboxylic acids is 1. The van der Waals surface area contributed by atoms with Crippen molar-refractivity contribution >= 4 is 5.78 Å². The van der Waals surface area contributed by atoms with Gasteiger partial charge < -0.3 is 10.2 Å². The number of carbonyl (C=O) groups is 1. The van der Waals surface area contributed by atoms with Gasteiger partial charge >= 0.3 is 0 Å². The van der Waals surface area contributed by atoms with Crippen molar-refractivity contribution in [1.82, 2.24) is 0 Å². The summed E-state index contributed by atoms with van der Waals surface area (Å²) in [5, 5.41) is 19.1. The van der Waals surface area contributed by atoms with E-state index in [1.165, 1.54) is 12.1 Å². The summed E-state index contributed by atoms with van der Waals surface area (Å²) in [5.41, 5.74) is 0.143. The van der Waals surface area contributed by atoms with E-state index >= 15 is 0 Å². The van der Waals surface area contributed by atoms with Gasteiger partial charge in [-0.1, -0.05) is 12.1 Å². The smallest absolute Gasteiger partial charge is 0.188 e. The average Bonchev–Trinajstić information content (AvgIpc) is 2.05. The Labute approximate surface area is 69.6 Å². The number of aromatic hydroxyl groups is 1. The molecule has 0 fully saturated rings. The maximum atomic E-state index is 11.0. The Balaban J connectivity index is 3.03. The molecular weight excluding hydrogens is 156 g/mol. The Kier molecular flexibility index (Phi) is 2.48. The van der Waals surface area contributed by atoms with E-state index in [1.807, 2.05) is 0 Å². The predicted octanol–water partition coefficient (Wildman–Crippen LogP) is 0.449. The minimum absolute atomic E-state index is 0.111. The van der Waals surface area contributed by atoms with Gasteiger partial charge in [0, 0.05) is 0 Å². The van der Waals surface area contributed by atoms with E-state index in [-0.39, 0.29) is 11.3 Å². The zero-order chi connectivity index (χ0) is 8.97. The van der Waals surface area contributed by atoms with Crippen LogP contribution in [0.4, 0.5) is 0 Å². The molecule has 0 radical (unpaired) electrons. The second kappa shape index (κ2) is 3.57. The van der Waals surface area contributed by atoms with Crippen molar-refractivity contribution in [3.63, 3.8) is 0 Å². The Bertz CT molecular complexity index is 315. The van der Waals surface area contributed by atoms with Crippen molar-refractivity contribution in [2.45, 2.75) is 0 Å². The Morgan fingerprint density at radius 2 is 2.08 bits per heavy atom. The van der Waals surface area contributed by atoms with Gasteiger partial charge in [-0.25, -0.2) is 0 Å². The lowest BCUT2D eigenvalue weighted by molar-refractivity contribution is -0.274. The minimum atomic E-state index is -0.483. The number of ketones is 1. The van der Waals surface area contributed by atoms with Crippen LogP contribution in [0.3, 0.4) is 0 Å². The van der Waals surface area contributed by atoms with Crippen molar-refractivity contribution < 1.29 is 15.0 Å². The first-order valence-corrected chi connectivity index (χ1v) is 3.36. The number of benzene rings is 1. The van der Waals surface area contributed by atoms with Gasteiger partial charge in [-0.05, 0) is 18.2 Å². The van der Waals surface area contributed by atoms with Gasteiger partial charge in [-0.3, -0.25) is 4.79 Å². The van der Waals surface area contributed by atoms with Crippen LogP contribution >= 0.6 is 0 Å². The molecule has 1 N–H and O–H groups in total. The van der Waals surface area contributed by atoms with Crippen LogP contribution in [0.1, 0.15) is 10.4 Å². The van der Waals surface area contributed by atoms with E-state index in [0.29, 0.717) is 6.26 Å². The highest BCUT2D eigenvalue weighted by Gasteiger charge is 2.04. The summed E-state index contributed by atoms with van der Waals surface area (Å²) in [6, 6.07) is 6.07. The molecule has 0 saturated heterocycles. The minimum Gasteiger partial charge on any atom is -0.878 e. The fourth-order valence-electron chi connectivity index (χ4n) is 0.834. The highest BCUT2D eigenvalue weighted by molar-refractivity contribution is 6.06. The Morgan fingerprint density at radius 1 is 1.42 bits per heavy atom. The largest absolute Gasteiger partial charge is 0.878 e. The summed E-state index contributed by atoms with van der Waals surface area (Å²) in [7, 11) is 0. The third-order valence-corrected chi connectivity index (χ3v) is 1.39. The van der Waals surface area contributed by atoms with Gasteiger partial charge in [0.1, 0.15) is 5.75 Å². The normalized spacial score (nSPS) is 10.3. The van der Waals surface area contributed by atoms with Gasteiger partial charge in [0.2, 0.25) is 0 Å². The van der Waals surface area contributed by atoms with Crippen molar-refractivity contribution in [3.8, 4) is 5.75 Å². The zero-order valence-corrected chi connectivity index (χ0v) is 6.23. The van der Waals surface area contributed by atoms with Crippen molar-refractivity contribution in [2.75, 3.05) is 0 Å². The topological polar surface area (TPSA) is 60.4 Å². The molecule has 0 saturated carbocycles. The van der Waals surface area contributed by atoms with Crippen LogP contribution in [0.15, 0.2) is 36.6 Å². The van der Waals surface area contributed by atoms with E-state index in [9.17, 15) is 9.90 Å². The third kappa shape index (κ3) is 1.63. The molecule has 0 unspecified atom stereocenters. The SMILES string of the molecule is O=C(/C=C/[O-])c1ccccc1O. The van der Waals surface area contributed by atoms with Crippen LogP contribution in [-0.2, 0) is 0 Å². The average molecular weight is 163 g/mol. The molecular formula is C9H7O3-. The van der Waals surface area contributed by atoms with E-state index in [2.05, 4.69) is 0 Å². The summed E-state index contributed by atoms with van der Waals surface area (Å²) in [4.78, 5) is 11.0. The monoisotopic (exact) mass is 163 g/mol. The predicted molar refractivity (Wildman–Crippen MR) is 41.6 cm³/mol. The lowest BCUT2D eigenvalue weighted by Crippen LogP contribution is -1.97. The molecule has 0 bridgehead atoms. The van der Waals surface area contributed by atoms with Crippen LogP contribution in [0.5, 0.6) is 5.75 Å². The Morgan fingerprint density at radius 3 is 2.67 bits per heavy atom. The van der Waals surface area contributed by atoms with E-state index in [4.69, 9.17) is 5.11 Å². The highest BCUT2D eigenvalue weighted by Crippen LogP contribution is 2.15. The van der Waals surface area contributed by atoms with E-state index in [1.54, 1.807) is 12.1 Å². The number of hydrogen-bond donors (Lipinski definition) is 1. The highest BCUT2D eigenvalue weighted by atomic mass is 16.3. The first-order chi connectivity index (χ1) is 5.75.